The molecule has 2 aromatic heterocycles. The number of nitrogens with two attached hydrogens (primary N) is 3. The van der Waals surface area contributed by atoms with Crippen LogP contribution < -0.4 is 22.1 Å². The minimum atomic E-state index is -0.512. The Balaban J connectivity index is 2.06. The van der Waals surface area contributed by atoms with Gasteiger partial charge in [-0.3, -0.25) is 4.79 Å². The normalized spacial score (nSPS) is 16.0. The fraction of sp³-hybridized carbons (Fsp3) is 0.562. The summed E-state index contributed by atoms with van der Waals surface area (Å²) in [6, 6.07) is 0.253. The van der Waals surface area contributed by atoms with E-state index in [0.29, 0.717) is 16.5 Å². The van der Waals surface area contributed by atoms with Crippen molar-refractivity contribution >= 4 is 39.1 Å². The maximum absolute atomic E-state index is 11.6. The minimum Gasteiger partial charge on any atom is -0.397 e. The van der Waals surface area contributed by atoms with Gasteiger partial charge >= 0.3 is 0 Å². The molecule has 3 heterocycles. The van der Waals surface area contributed by atoms with Crippen LogP contribution >= 0.6 is 11.3 Å². The molecule has 0 aromatic carbocycles. The number of hydrogen-bond donors (Lipinski definition) is 3. The van der Waals surface area contributed by atoms with Crippen LogP contribution in [0.5, 0.6) is 0 Å². The molecule has 130 valence electrons. The number of fused-ring (bicyclic) bond motifs is 1. The Morgan fingerprint density at radius 3 is 2.67 bits per heavy atom. The van der Waals surface area contributed by atoms with Gasteiger partial charge in [-0.1, -0.05) is 13.3 Å². The van der Waals surface area contributed by atoms with Gasteiger partial charge in [0.2, 0.25) is 5.95 Å². The number of thiophene rings is 1. The number of amides is 1. The molecule has 8 heteroatoms. The number of hydrogen-bond acceptors (Lipinski definition) is 7. The van der Waals surface area contributed by atoms with Crippen LogP contribution in [0.2, 0.25) is 0 Å². The lowest BCUT2D eigenvalue weighted by Gasteiger charge is -2.30. The maximum atomic E-state index is 11.6. The number of primary amides is 1. The summed E-state index contributed by atoms with van der Waals surface area (Å²) in [6.07, 6.45) is 4.76. The largest absolute Gasteiger partial charge is 0.397 e. The third-order valence-electron chi connectivity index (χ3n) is 4.47. The van der Waals surface area contributed by atoms with Gasteiger partial charge in [-0.15, -0.1) is 11.3 Å². The van der Waals surface area contributed by atoms with Crippen LogP contribution in [0.1, 0.15) is 48.0 Å². The molecular formula is C16H24N6OS. The van der Waals surface area contributed by atoms with Crippen LogP contribution in [0.25, 0.3) is 10.2 Å². The lowest BCUT2D eigenvalue weighted by atomic mass is 10.1. The third-order valence-corrected chi connectivity index (χ3v) is 5.58. The molecule has 0 unspecified atom stereocenters. The number of anilines is 2. The van der Waals surface area contributed by atoms with E-state index >= 15 is 0 Å². The summed E-state index contributed by atoms with van der Waals surface area (Å²) in [7, 11) is 0. The summed E-state index contributed by atoms with van der Waals surface area (Å²) in [4.78, 5) is 24.3. The smallest absolute Gasteiger partial charge is 0.260 e. The van der Waals surface area contributed by atoms with Crippen molar-refractivity contribution in [3.05, 3.63) is 10.6 Å². The molecule has 0 aliphatic carbocycles. The molecule has 0 atom stereocenters. The highest BCUT2D eigenvalue weighted by molar-refractivity contribution is 7.21. The van der Waals surface area contributed by atoms with Gasteiger partial charge in [-0.25, -0.2) is 9.97 Å². The Morgan fingerprint density at radius 2 is 2.04 bits per heavy atom. The predicted molar refractivity (Wildman–Crippen MR) is 98.4 cm³/mol. The van der Waals surface area contributed by atoms with Crippen LogP contribution in [0.4, 0.5) is 11.6 Å². The van der Waals surface area contributed by atoms with Crippen LogP contribution in [0, 0.1) is 0 Å². The number of aryl methyl sites for hydroxylation is 1. The molecule has 6 N–H and O–H groups in total. The molecule has 7 nitrogen and oxygen atoms in total. The minimum absolute atomic E-state index is 0.253. The highest BCUT2D eigenvalue weighted by Gasteiger charge is 2.23. The van der Waals surface area contributed by atoms with Crippen LogP contribution in [0.15, 0.2) is 0 Å². The number of carbonyl (C=O) groups is 1. The van der Waals surface area contributed by atoms with Gasteiger partial charge in [0, 0.05) is 19.1 Å². The van der Waals surface area contributed by atoms with E-state index in [1.165, 1.54) is 11.3 Å². The van der Waals surface area contributed by atoms with E-state index in [1.807, 2.05) is 0 Å². The van der Waals surface area contributed by atoms with Crippen molar-refractivity contribution in [1.29, 1.82) is 0 Å². The fourth-order valence-electron chi connectivity index (χ4n) is 3.03. The molecular weight excluding hydrogens is 324 g/mol. The second-order valence-corrected chi connectivity index (χ2v) is 7.29. The number of nitrogens with zero attached hydrogens (tertiary/aromatic N) is 3. The van der Waals surface area contributed by atoms with Crippen molar-refractivity contribution < 1.29 is 4.79 Å². The van der Waals surface area contributed by atoms with E-state index in [1.54, 1.807) is 0 Å². The summed E-state index contributed by atoms with van der Waals surface area (Å²) < 4.78 is 0. The molecule has 1 fully saturated rings. The van der Waals surface area contributed by atoms with Gasteiger partial charge in [-0.05, 0) is 25.7 Å². The average molecular weight is 348 g/mol. The molecule has 0 radical (unpaired) electrons. The van der Waals surface area contributed by atoms with Crippen molar-refractivity contribution in [2.75, 3.05) is 23.7 Å². The molecule has 0 saturated carbocycles. The second kappa shape index (κ2) is 6.90. The van der Waals surface area contributed by atoms with Crippen LogP contribution in [-0.4, -0.2) is 35.0 Å². The highest BCUT2D eigenvalue weighted by atomic mass is 32.1. The first-order valence-corrected chi connectivity index (χ1v) is 9.22. The zero-order chi connectivity index (χ0) is 17.3. The summed E-state index contributed by atoms with van der Waals surface area (Å²) >= 11 is 1.26. The quantitative estimate of drug-likeness (QED) is 0.754. The van der Waals surface area contributed by atoms with Gasteiger partial charge in [0.05, 0.1) is 16.8 Å². The Labute approximate surface area is 145 Å². The Bertz CT molecular complexity index is 751. The fourth-order valence-corrected chi connectivity index (χ4v) is 3.99. The Hall–Kier alpha value is -1.93. The van der Waals surface area contributed by atoms with Crippen molar-refractivity contribution in [3.8, 4) is 0 Å². The van der Waals surface area contributed by atoms with Gasteiger partial charge in [0.25, 0.3) is 5.91 Å². The van der Waals surface area contributed by atoms with Crippen molar-refractivity contribution in [1.82, 2.24) is 9.97 Å². The zero-order valence-electron chi connectivity index (χ0n) is 13.9. The van der Waals surface area contributed by atoms with E-state index in [0.717, 1.165) is 61.1 Å². The zero-order valence-corrected chi connectivity index (χ0v) is 14.7. The molecule has 2 aromatic rings. The average Bonchev–Trinajstić information content (AvgIpc) is 2.90. The summed E-state index contributed by atoms with van der Waals surface area (Å²) in [6.45, 7) is 3.84. The molecule has 1 amide bonds. The molecule has 24 heavy (non-hydrogen) atoms. The Morgan fingerprint density at radius 1 is 1.33 bits per heavy atom. The molecule has 3 rings (SSSR count). The molecule has 1 saturated heterocycles. The SMILES string of the molecule is CCCCc1nc(N2CCC(N)CC2)nc2sc(C(N)=O)c(N)c12. The molecule has 1 aliphatic rings. The maximum Gasteiger partial charge on any atom is 0.260 e. The molecule has 1 aliphatic heterocycles. The number of piperidine rings is 1. The topological polar surface area (TPSA) is 124 Å². The molecule has 0 spiro atoms. The highest BCUT2D eigenvalue weighted by Crippen LogP contribution is 2.36. The number of unbranched alkanes of at least 4 members (excludes halogenated alkanes) is 1. The van der Waals surface area contributed by atoms with Crippen LogP contribution in [-0.2, 0) is 6.42 Å². The first-order valence-electron chi connectivity index (χ1n) is 8.40. The van der Waals surface area contributed by atoms with Gasteiger partial charge in [0.1, 0.15) is 9.71 Å². The van der Waals surface area contributed by atoms with E-state index in [4.69, 9.17) is 22.2 Å². The predicted octanol–water partition coefficient (Wildman–Crippen LogP) is 1.64. The third kappa shape index (κ3) is 3.16. The van der Waals surface area contributed by atoms with Crippen LogP contribution in [0.3, 0.4) is 0 Å². The van der Waals surface area contributed by atoms with E-state index in [-0.39, 0.29) is 6.04 Å². The summed E-state index contributed by atoms with van der Waals surface area (Å²) in [5.41, 5.74) is 18.9. The summed E-state index contributed by atoms with van der Waals surface area (Å²) in [5, 5.41) is 0.791. The molecule has 0 bridgehead atoms. The monoisotopic (exact) mass is 348 g/mol. The first-order chi connectivity index (χ1) is 11.5. The number of aromatic nitrogens is 2. The van der Waals surface area contributed by atoms with Crippen molar-refractivity contribution in [3.63, 3.8) is 0 Å². The lowest BCUT2D eigenvalue weighted by molar-refractivity contribution is 0.100. The van der Waals surface area contributed by atoms with Gasteiger partial charge in [-0.2, -0.15) is 0 Å². The van der Waals surface area contributed by atoms with Gasteiger partial charge < -0.3 is 22.1 Å². The lowest BCUT2D eigenvalue weighted by Crippen LogP contribution is -2.40. The summed E-state index contributed by atoms with van der Waals surface area (Å²) in [5.74, 6) is 0.195. The standard InChI is InChI=1S/C16H24N6OS/c1-2-3-4-10-11-12(18)13(14(19)23)24-15(11)21-16(20-10)22-7-5-9(17)6-8-22/h9H,2-8,17-18H2,1H3,(H2,19,23). The van der Waals surface area contributed by atoms with Gasteiger partial charge in [0.15, 0.2) is 0 Å². The number of rotatable bonds is 5. The number of nitrogen functional groups attached to an aromatic ring is 1. The number of carbonyl (C=O) groups excluding carboxylic acids is 1. The van der Waals surface area contributed by atoms with E-state index < -0.39 is 5.91 Å². The van der Waals surface area contributed by atoms with Crippen molar-refractivity contribution in [2.45, 2.75) is 45.1 Å². The second-order valence-electron chi connectivity index (χ2n) is 6.29. The van der Waals surface area contributed by atoms with E-state index in [9.17, 15) is 4.79 Å². The van der Waals surface area contributed by atoms with E-state index in [2.05, 4.69) is 16.8 Å². The Kier molecular flexibility index (Phi) is 4.86. The van der Waals surface area contributed by atoms with Crippen molar-refractivity contribution in [2.24, 2.45) is 11.5 Å². The first kappa shape index (κ1) is 16.9.